The molecule has 0 saturated carbocycles. The largest absolute Gasteiger partial charge is 0.361 e. The van der Waals surface area contributed by atoms with Gasteiger partial charge in [0.1, 0.15) is 0 Å². The lowest BCUT2D eigenvalue weighted by Crippen LogP contribution is -2.27. The summed E-state index contributed by atoms with van der Waals surface area (Å²) in [6.45, 7) is 38.4. The fourth-order valence-electron chi connectivity index (χ4n) is 9.33. The lowest BCUT2D eigenvalue weighted by molar-refractivity contribution is -0.123. The van der Waals surface area contributed by atoms with Crippen molar-refractivity contribution in [3.63, 3.8) is 0 Å². The summed E-state index contributed by atoms with van der Waals surface area (Å²) in [6.07, 6.45) is 0. The van der Waals surface area contributed by atoms with E-state index < -0.39 is 10.8 Å². The minimum absolute atomic E-state index is 0.0178. The van der Waals surface area contributed by atoms with Crippen molar-refractivity contribution in [2.24, 2.45) is 16.2 Å². The van der Waals surface area contributed by atoms with E-state index in [1.807, 2.05) is 41.5 Å². The van der Waals surface area contributed by atoms with Gasteiger partial charge in [-0.2, -0.15) is 0 Å². The molecule has 0 aliphatic heterocycles. The second-order valence-corrected chi connectivity index (χ2v) is 27.1. The molecule has 9 rings (SSSR count). The highest BCUT2D eigenvalue weighted by Gasteiger charge is 2.25. The van der Waals surface area contributed by atoms with Gasteiger partial charge in [0, 0.05) is 38.5 Å². The molecule has 9 aromatic rings. The smallest absolute Gasteiger partial charge is 0.231 e. The Kier molecular flexibility index (Phi) is 17.0. The molecule has 0 aliphatic rings. The molecule has 12 heteroatoms. The maximum Gasteiger partial charge on any atom is 0.231 e. The number of amides is 2. The molecular formula is C63H73BrN6O2S3. The van der Waals surface area contributed by atoms with Crippen molar-refractivity contribution in [2.75, 3.05) is 22.5 Å². The number of thiazole rings is 3. The van der Waals surface area contributed by atoms with Gasteiger partial charge in [-0.25, -0.2) is 15.0 Å². The fraction of sp³-hybridized carbons (Fsp3) is 0.349. The summed E-state index contributed by atoms with van der Waals surface area (Å²) < 4.78 is 4.53. The van der Waals surface area contributed by atoms with Crippen LogP contribution in [0, 0.1) is 78.6 Å². The van der Waals surface area contributed by atoms with Gasteiger partial charge in [0.15, 0.2) is 15.4 Å². The summed E-state index contributed by atoms with van der Waals surface area (Å²) >= 11 is 8.49. The number of fused-ring (bicyclic) bond motifs is 3. The Morgan fingerprint density at radius 1 is 0.467 bits per heavy atom. The second-order valence-electron chi connectivity index (χ2n) is 23.2. The average Bonchev–Trinajstić information content (AvgIpc) is 4.04. The first-order valence-corrected chi connectivity index (χ1v) is 28.7. The molecule has 392 valence electrons. The van der Waals surface area contributed by atoms with Crippen LogP contribution in [0.25, 0.3) is 64.0 Å². The molecule has 0 fully saturated rings. The van der Waals surface area contributed by atoms with Crippen LogP contribution in [0.15, 0.2) is 89.4 Å². The van der Waals surface area contributed by atoms with Gasteiger partial charge in [0.25, 0.3) is 0 Å². The van der Waals surface area contributed by atoms with Crippen molar-refractivity contribution in [1.29, 1.82) is 0 Å². The van der Waals surface area contributed by atoms with Crippen LogP contribution in [-0.4, -0.2) is 33.3 Å². The lowest BCUT2D eigenvalue weighted by Gasteiger charge is -2.17. The molecule has 0 bridgehead atoms. The maximum atomic E-state index is 12.3. The second kappa shape index (κ2) is 22.4. The van der Waals surface area contributed by atoms with Crippen molar-refractivity contribution in [3.8, 4) is 33.4 Å². The Balaban J connectivity index is 0.000000164. The van der Waals surface area contributed by atoms with Crippen LogP contribution in [0.4, 0.5) is 15.4 Å². The van der Waals surface area contributed by atoms with E-state index in [1.165, 1.54) is 99.7 Å². The van der Waals surface area contributed by atoms with E-state index in [4.69, 9.17) is 15.0 Å². The van der Waals surface area contributed by atoms with E-state index in [9.17, 15) is 9.59 Å². The number of halogens is 1. The number of rotatable bonds is 7. The monoisotopic (exact) mass is 1120 g/mol. The van der Waals surface area contributed by atoms with Gasteiger partial charge in [-0.3, -0.25) is 9.59 Å². The SMILES string of the molecule is Cc1cc(C)c(-c2cccc3sc(NC(=O)C(C)(C)C)nc23)c(C)c1.Cc1cc(C)c(-c2cccc3sc(NC(=O)C(C)(C)C)nc23)c(C)c1Br.Cc1cc(C)c(-c2cccc3sc(NCC(C)(C)C)nc23)c(C)c1. The van der Waals surface area contributed by atoms with Crippen LogP contribution in [0.5, 0.6) is 0 Å². The van der Waals surface area contributed by atoms with E-state index in [0.29, 0.717) is 10.3 Å². The van der Waals surface area contributed by atoms with Crippen LogP contribution in [-0.2, 0) is 9.59 Å². The molecule has 0 aliphatic carbocycles. The topological polar surface area (TPSA) is 109 Å². The number of hydrogen-bond donors (Lipinski definition) is 3. The number of hydrogen-bond acceptors (Lipinski definition) is 9. The molecule has 0 unspecified atom stereocenters. The van der Waals surface area contributed by atoms with Crippen LogP contribution >= 0.6 is 49.9 Å². The number of benzene rings is 6. The van der Waals surface area contributed by atoms with Gasteiger partial charge < -0.3 is 16.0 Å². The van der Waals surface area contributed by atoms with E-state index in [1.54, 1.807) is 11.3 Å². The van der Waals surface area contributed by atoms with Crippen molar-refractivity contribution in [3.05, 3.63) is 139 Å². The quantitative estimate of drug-likeness (QED) is 0.147. The van der Waals surface area contributed by atoms with Crippen molar-refractivity contribution in [1.82, 2.24) is 15.0 Å². The van der Waals surface area contributed by atoms with Crippen LogP contribution < -0.4 is 16.0 Å². The summed E-state index contributed by atoms with van der Waals surface area (Å²) in [4.78, 5) is 39.0. The van der Waals surface area contributed by atoms with Gasteiger partial charge in [0.05, 0.1) is 30.6 Å². The molecule has 2 amide bonds. The molecule has 3 aromatic heterocycles. The Labute approximate surface area is 465 Å². The average molecular weight is 1120 g/mol. The Hall–Kier alpha value is -5.79. The molecule has 75 heavy (non-hydrogen) atoms. The Morgan fingerprint density at radius 3 is 1.16 bits per heavy atom. The molecule has 0 saturated heterocycles. The van der Waals surface area contributed by atoms with E-state index in [-0.39, 0.29) is 17.2 Å². The molecule has 8 nitrogen and oxygen atoms in total. The Bertz CT molecular complexity index is 3570. The zero-order chi connectivity index (χ0) is 55.1. The van der Waals surface area contributed by atoms with Gasteiger partial charge in [-0.05, 0) is 142 Å². The number of para-hydroxylation sites is 3. The summed E-state index contributed by atoms with van der Waals surface area (Å²) in [6, 6.07) is 30.1. The standard InChI is InChI=1S/C21H23BrN2OS.C21H24N2OS.C21H26N2S/c1-11-10-12(2)17(22)13(3)16(11)14-8-7-9-15-18(14)23-20(26-15)24-19(25)21(4,5)6;1-12-10-13(2)17(14(3)11-12)15-8-7-9-16-18(15)22-20(25-16)23-19(24)21(4,5)6;1-13-10-14(2)18(15(3)11-13)16-8-7-9-17-19(16)23-20(24-17)22-12-21(4,5)6/h7-10H,1-6H3,(H,23,24,25);7-11H,1-6H3,(H,22,23,24);7-11H,12H2,1-6H3,(H,22,23). The van der Waals surface area contributed by atoms with Crippen LogP contribution in [0.1, 0.15) is 112 Å². The third-order valence-corrected chi connectivity index (χ3v) is 16.9. The van der Waals surface area contributed by atoms with Crippen molar-refractivity contribution in [2.45, 2.75) is 125 Å². The minimum Gasteiger partial charge on any atom is -0.361 e. The Morgan fingerprint density at radius 2 is 0.800 bits per heavy atom. The predicted octanol–water partition coefficient (Wildman–Crippen LogP) is 18.9. The van der Waals surface area contributed by atoms with Crippen molar-refractivity contribution >= 4 is 108 Å². The molecule has 6 aromatic carbocycles. The van der Waals surface area contributed by atoms with Crippen LogP contribution in [0.2, 0.25) is 0 Å². The molecule has 0 spiro atoms. The maximum absolute atomic E-state index is 12.3. The number of nitrogens with zero attached hydrogens (tertiary/aromatic N) is 3. The first-order valence-electron chi connectivity index (χ1n) is 25.5. The highest BCUT2D eigenvalue weighted by molar-refractivity contribution is 9.10. The molecule has 0 atom stereocenters. The van der Waals surface area contributed by atoms with Gasteiger partial charge in [-0.15, -0.1) is 0 Å². The summed E-state index contributed by atoms with van der Waals surface area (Å²) in [5.41, 5.74) is 20.9. The lowest BCUT2D eigenvalue weighted by atomic mass is 9.93. The first-order chi connectivity index (χ1) is 35.0. The predicted molar refractivity (Wildman–Crippen MR) is 330 cm³/mol. The molecular weight excluding hydrogens is 1050 g/mol. The summed E-state index contributed by atoms with van der Waals surface area (Å²) in [5.74, 6) is -0.0423. The van der Waals surface area contributed by atoms with Gasteiger partial charge >= 0.3 is 0 Å². The number of nitrogens with one attached hydrogen (secondary N) is 3. The highest BCUT2D eigenvalue weighted by Crippen LogP contribution is 2.42. The fourth-order valence-corrected chi connectivity index (χ4v) is 12.3. The van der Waals surface area contributed by atoms with Gasteiger partial charge in [0.2, 0.25) is 11.8 Å². The van der Waals surface area contributed by atoms with Gasteiger partial charge in [-0.1, -0.05) is 190 Å². The highest BCUT2D eigenvalue weighted by atomic mass is 79.9. The zero-order valence-electron chi connectivity index (χ0n) is 47.1. The number of aryl methyl sites for hydroxylation is 8. The molecule has 0 radical (unpaired) electrons. The first kappa shape index (κ1) is 56.9. The summed E-state index contributed by atoms with van der Waals surface area (Å²) in [5, 5.41) is 11.7. The number of carbonyl (C=O) groups is 2. The third kappa shape index (κ3) is 13.3. The van der Waals surface area contributed by atoms with E-state index in [2.05, 4.69) is 200 Å². The number of aromatic nitrogens is 3. The molecule has 3 N–H and O–H groups in total. The van der Waals surface area contributed by atoms with Crippen LogP contribution in [0.3, 0.4) is 0 Å². The normalized spacial score (nSPS) is 11.8. The van der Waals surface area contributed by atoms with E-state index in [0.717, 1.165) is 53.2 Å². The summed E-state index contributed by atoms with van der Waals surface area (Å²) in [7, 11) is 0. The third-order valence-electron chi connectivity index (χ3n) is 12.9. The molecule has 3 heterocycles. The van der Waals surface area contributed by atoms with Crippen molar-refractivity contribution < 1.29 is 9.59 Å². The zero-order valence-corrected chi connectivity index (χ0v) is 51.1. The number of carbonyl (C=O) groups excluding carboxylic acids is 2. The minimum atomic E-state index is -0.449. The number of anilines is 3. The van der Waals surface area contributed by atoms with E-state index >= 15 is 0 Å².